The van der Waals surface area contributed by atoms with Crippen molar-refractivity contribution < 1.29 is 18.3 Å². The molecule has 110 valence electrons. The minimum Gasteiger partial charge on any atom is -0.385 e. The van der Waals surface area contributed by atoms with Crippen LogP contribution in [0.1, 0.15) is 23.1 Å². The molecule has 1 nitrogen and oxygen atoms in total. The SMILES string of the molecule is OC1(c2ccc(F)c(F)c2F)CCc2cc(Br)ccc2C1. The Labute approximate surface area is 128 Å². The van der Waals surface area contributed by atoms with Crippen molar-refractivity contribution in [3.05, 3.63) is 68.9 Å². The summed E-state index contributed by atoms with van der Waals surface area (Å²) in [4.78, 5) is 0. The molecular weight excluding hydrogens is 345 g/mol. The molecule has 0 aromatic heterocycles. The third-order valence-corrected chi connectivity index (χ3v) is 4.49. The minimum absolute atomic E-state index is 0.178. The van der Waals surface area contributed by atoms with Crippen molar-refractivity contribution >= 4 is 15.9 Å². The van der Waals surface area contributed by atoms with Gasteiger partial charge in [-0.3, -0.25) is 0 Å². The van der Waals surface area contributed by atoms with E-state index in [0.717, 1.165) is 27.7 Å². The van der Waals surface area contributed by atoms with Crippen LogP contribution in [0.15, 0.2) is 34.8 Å². The average molecular weight is 357 g/mol. The fourth-order valence-corrected chi connectivity index (χ4v) is 3.27. The van der Waals surface area contributed by atoms with Crippen LogP contribution in [-0.2, 0) is 18.4 Å². The summed E-state index contributed by atoms with van der Waals surface area (Å²) in [6.45, 7) is 0. The van der Waals surface area contributed by atoms with Gasteiger partial charge in [-0.2, -0.15) is 0 Å². The normalized spacial score (nSPS) is 21.2. The fourth-order valence-electron chi connectivity index (χ4n) is 2.86. The summed E-state index contributed by atoms with van der Waals surface area (Å²) < 4.78 is 41.3. The van der Waals surface area contributed by atoms with Crippen LogP contribution in [0.4, 0.5) is 13.2 Å². The second-order valence-electron chi connectivity index (χ2n) is 5.34. The predicted molar refractivity (Wildman–Crippen MR) is 76.4 cm³/mol. The Morgan fingerprint density at radius 3 is 2.52 bits per heavy atom. The highest BCUT2D eigenvalue weighted by atomic mass is 79.9. The maximum absolute atomic E-state index is 13.9. The molecule has 2 aromatic carbocycles. The third kappa shape index (κ3) is 2.49. The number of hydrogen-bond donors (Lipinski definition) is 1. The molecule has 0 amide bonds. The summed E-state index contributed by atoms with van der Waals surface area (Å²) in [7, 11) is 0. The summed E-state index contributed by atoms with van der Waals surface area (Å²) in [5, 5.41) is 10.7. The highest BCUT2D eigenvalue weighted by molar-refractivity contribution is 9.10. The van der Waals surface area contributed by atoms with Crippen molar-refractivity contribution in [2.24, 2.45) is 0 Å². The quantitative estimate of drug-likeness (QED) is 0.757. The van der Waals surface area contributed by atoms with Gasteiger partial charge in [0.25, 0.3) is 0 Å². The summed E-state index contributed by atoms with van der Waals surface area (Å²) in [5.41, 5.74) is 0.252. The molecule has 0 bridgehead atoms. The molecule has 0 saturated carbocycles. The van der Waals surface area contributed by atoms with E-state index in [1.54, 1.807) is 0 Å². The highest BCUT2D eigenvalue weighted by Crippen LogP contribution is 2.39. The molecule has 2 aromatic rings. The van der Waals surface area contributed by atoms with Crippen LogP contribution in [0, 0.1) is 17.5 Å². The zero-order valence-corrected chi connectivity index (χ0v) is 12.6. The Morgan fingerprint density at radius 2 is 1.76 bits per heavy atom. The lowest BCUT2D eigenvalue weighted by Crippen LogP contribution is -2.34. The Balaban J connectivity index is 2.04. The smallest absolute Gasteiger partial charge is 0.194 e. The lowest BCUT2D eigenvalue weighted by Gasteiger charge is -2.34. The summed E-state index contributed by atoms with van der Waals surface area (Å²) in [6, 6.07) is 7.62. The Bertz CT molecular complexity index is 717. The van der Waals surface area contributed by atoms with E-state index >= 15 is 0 Å². The molecule has 5 heteroatoms. The van der Waals surface area contributed by atoms with E-state index in [4.69, 9.17) is 0 Å². The van der Waals surface area contributed by atoms with Crippen LogP contribution in [0.25, 0.3) is 0 Å². The topological polar surface area (TPSA) is 20.2 Å². The van der Waals surface area contributed by atoms with Crippen LogP contribution < -0.4 is 0 Å². The van der Waals surface area contributed by atoms with Crippen molar-refractivity contribution in [3.63, 3.8) is 0 Å². The summed E-state index contributed by atoms with van der Waals surface area (Å²) in [6.07, 6.45) is 0.986. The minimum atomic E-state index is -1.54. The first-order chi connectivity index (χ1) is 9.90. The van der Waals surface area contributed by atoms with Gasteiger partial charge in [0.1, 0.15) is 0 Å². The number of halogens is 4. The zero-order chi connectivity index (χ0) is 15.2. The van der Waals surface area contributed by atoms with E-state index in [2.05, 4.69) is 15.9 Å². The molecule has 21 heavy (non-hydrogen) atoms. The molecule has 0 aliphatic heterocycles. The molecular formula is C16H12BrF3O. The lowest BCUT2D eigenvalue weighted by atomic mass is 9.76. The third-order valence-electron chi connectivity index (χ3n) is 4.00. The van der Waals surface area contributed by atoms with Crippen molar-refractivity contribution in [2.75, 3.05) is 0 Å². The summed E-state index contributed by atoms with van der Waals surface area (Å²) >= 11 is 3.38. The van der Waals surface area contributed by atoms with Crippen LogP contribution >= 0.6 is 15.9 Å². The van der Waals surface area contributed by atoms with Gasteiger partial charge in [-0.15, -0.1) is 0 Å². The monoisotopic (exact) mass is 356 g/mol. The largest absolute Gasteiger partial charge is 0.385 e. The van der Waals surface area contributed by atoms with Gasteiger partial charge >= 0.3 is 0 Å². The van der Waals surface area contributed by atoms with Gasteiger partial charge in [0.15, 0.2) is 17.5 Å². The average Bonchev–Trinajstić information content (AvgIpc) is 2.45. The van der Waals surface area contributed by atoms with Crippen molar-refractivity contribution in [1.29, 1.82) is 0 Å². The number of benzene rings is 2. The number of fused-ring (bicyclic) bond motifs is 1. The molecule has 1 aliphatic rings. The van der Waals surface area contributed by atoms with Crippen LogP contribution in [0.2, 0.25) is 0 Å². The van der Waals surface area contributed by atoms with E-state index in [0.29, 0.717) is 6.42 Å². The number of aryl methyl sites for hydroxylation is 1. The molecule has 0 saturated heterocycles. The first-order valence-electron chi connectivity index (χ1n) is 6.54. The molecule has 1 N–H and O–H groups in total. The molecule has 0 heterocycles. The maximum atomic E-state index is 13.9. The van der Waals surface area contributed by atoms with E-state index in [1.807, 2.05) is 18.2 Å². The number of rotatable bonds is 1. The number of aliphatic hydroxyl groups is 1. The lowest BCUT2D eigenvalue weighted by molar-refractivity contribution is 0.0180. The molecule has 1 aliphatic carbocycles. The van der Waals surface area contributed by atoms with Gasteiger partial charge in [-0.1, -0.05) is 28.1 Å². The first kappa shape index (κ1) is 14.6. The number of hydrogen-bond acceptors (Lipinski definition) is 1. The van der Waals surface area contributed by atoms with Crippen molar-refractivity contribution in [2.45, 2.75) is 24.9 Å². The Morgan fingerprint density at radius 1 is 1.00 bits per heavy atom. The van der Waals surface area contributed by atoms with Crippen molar-refractivity contribution in [1.82, 2.24) is 0 Å². The fraction of sp³-hybridized carbons (Fsp3) is 0.250. The molecule has 0 spiro atoms. The van der Waals surface area contributed by atoms with Gasteiger partial charge in [-0.05, 0) is 42.2 Å². The second-order valence-corrected chi connectivity index (χ2v) is 6.26. The Hall–Kier alpha value is -1.33. The second kappa shape index (κ2) is 5.14. The van der Waals surface area contributed by atoms with Crippen LogP contribution in [-0.4, -0.2) is 5.11 Å². The van der Waals surface area contributed by atoms with Gasteiger partial charge in [0.2, 0.25) is 0 Å². The van der Waals surface area contributed by atoms with Crippen LogP contribution in [0.5, 0.6) is 0 Å². The van der Waals surface area contributed by atoms with E-state index < -0.39 is 23.1 Å². The Kier molecular flexibility index (Phi) is 3.58. The predicted octanol–water partition coefficient (Wildman–Crippen LogP) is 4.24. The van der Waals surface area contributed by atoms with E-state index in [1.165, 1.54) is 0 Å². The highest BCUT2D eigenvalue weighted by Gasteiger charge is 2.37. The molecule has 0 radical (unpaired) electrons. The molecule has 3 rings (SSSR count). The van der Waals surface area contributed by atoms with E-state index in [-0.39, 0.29) is 18.4 Å². The maximum Gasteiger partial charge on any atom is 0.194 e. The molecule has 0 fully saturated rings. The molecule has 1 unspecified atom stereocenters. The van der Waals surface area contributed by atoms with Gasteiger partial charge in [-0.25, -0.2) is 13.2 Å². The van der Waals surface area contributed by atoms with Crippen LogP contribution in [0.3, 0.4) is 0 Å². The zero-order valence-electron chi connectivity index (χ0n) is 11.0. The van der Waals surface area contributed by atoms with Crippen molar-refractivity contribution in [3.8, 4) is 0 Å². The standard InChI is InChI=1S/C16H12BrF3O/c17-11-2-1-10-8-16(21,6-5-9(10)7-11)12-3-4-13(18)15(20)14(12)19/h1-4,7,21H,5-6,8H2. The first-order valence-corrected chi connectivity index (χ1v) is 7.34. The van der Waals surface area contributed by atoms with Gasteiger partial charge in [0.05, 0.1) is 5.60 Å². The summed E-state index contributed by atoms with van der Waals surface area (Å²) in [5.74, 6) is -4.10. The van der Waals surface area contributed by atoms with E-state index in [9.17, 15) is 18.3 Å². The molecule has 1 atom stereocenters. The van der Waals surface area contributed by atoms with Gasteiger partial charge in [0, 0.05) is 16.5 Å². The van der Waals surface area contributed by atoms with Gasteiger partial charge < -0.3 is 5.11 Å².